The van der Waals surface area contributed by atoms with Gasteiger partial charge < -0.3 is 15.2 Å². The molecule has 2 N–H and O–H groups in total. The van der Waals surface area contributed by atoms with Crippen molar-refractivity contribution in [3.63, 3.8) is 0 Å². The van der Waals surface area contributed by atoms with Crippen LogP contribution in [0.25, 0.3) is 0 Å². The van der Waals surface area contributed by atoms with Gasteiger partial charge in [0.2, 0.25) is 5.91 Å². The number of carbonyl (C=O) groups excluding carboxylic acids is 2. The molecule has 7 nitrogen and oxygen atoms in total. The molecule has 10 heteroatoms. The van der Waals surface area contributed by atoms with Crippen LogP contribution in [0.15, 0.2) is 60.3 Å². The van der Waals surface area contributed by atoms with Crippen LogP contribution in [0.1, 0.15) is 41.6 Å². The molecule has 0 bridgehead atoms. The smallest absolute Gasteiger partial charge is 0.253 e. The Kier molecular flexibility index (Phi) is 9.76. The van der Waals surface area contributed by atoms with Gasteiger partial charge in [0.15, 0.2) is 11.0 Å². The summed E-state index contributed by atoms with van der Waals surface area (Å²) in [6.45, 7) is 10.2. The van der Waals surface area contributed by atoms with Gasteiger partial charge >= 0.3 is 0 Å². The number of nitrogens with zero attached hydrogens (tertiary/aromatic N) is 3. The number of hydrogen-bond acceptors (Lipinski definition) is 5. The van der Waals surface area contributed by atoms with Crippen LogP contribution < -0.4 is 10.6 Å². The van der Waals surface area contributed by atoms with Gasteiger partial charge in [-0.2, -0.15) is 0 Å². The van der Waals surface area contributed by atoms with E-state index in [9.17, 15) is 9.59 Å². The summed E-state index contributed by atoms with van der Waals surface area (Å²) in [5.74, 6) is 0.361. The van der Waals surface area contributed by atoms with Crippen LogP contribution in [-0.2, 0) is 11.3 Å². The summed E-state index contributed by atoms with van der Waals surface area (Å²) in [6.07, 6.45) is 1.74. The van der Waals surface area contributed by atoms with E-state index < -0.39 is 6.04 Å². The van der Waals surface area contributed by atoms with E-state index in [2.05, 4.69) is 50.0 Å². The lowest BCUT2D eigenvalue weighted by atomic mass is 10.0. The Morgan fingerprint density at radius 1 is 1.23 bits per heavy atom. The molecule has 0 saturated heterocycles. The summed E-state index contributed by atoms with van der Waals surface area (Å²) in [4.78, 5) is 25.5. The Balaban J connectivity index is 1.76. The van der Waals surface area contributed by atoms with Crippen molar-refractivity contribution in [3.8, 4) is 0 Å². The quantitative estimate of drug-likeness (QED) is 0.167. The van der Waals surface area contributed by atoms with Crippen molar-refractivity contribution in [1.29, 1.82) is 0 Å². The molecule has 2 amide bonds. The molecule has 1 heterocycles. The van der Waals surface area contributed by atoms with E-state index in [0.29, 0.717) is 28.1 Å². The van der Waals surface area contributed by atoms with Crippen molar-refractivity contribution in [2.75, 3.05) is 11.1 Å². The molecular formula is C25H27ClIN5O2S. The Bertz CT molecular complexity index is 1230. The second-order valence-electron chi connectivity index (χ2n) is 8.21. The van der Waals surface area contributed by atoms with Gasteiger partial charge in [-0.05, 0) is 71.3 Å². The van der Waals surface area contributed by atoms with Crippen LogP contribution >= 0.6 is 46.0 Å². The number of halogens is 2. The van der Waals surface area contributed by atoms with E-state index >= 15 is 0 Å². The molecular weight excluding hydrogens is 597 g/mol. The largest absolute Gasteiger partial charge is 0.342 e. The fourth-order valence-corrected chi connectivity index (χ4v) is 5.04. The predicted octanol–water partition coefficient (Wildman–Crippen LogP) is 5.89. The first-order valence-corrected chi connectivity index (χ1v) is 13.4. The Hall–Kier alpha value is -2.37. The number of anilines is 1. The molecule has 1 aromatic heterocycles. The van der Waals surface area contributed by atoms with E-state index in [1.54, 1.807) is 30.3 Å². The van der Waals surface area contributed by atoms with Crippen molar-refractivity contribution in [2.45, 2.75) is 38.5 Å². The maximum Gasteiger partial charge on any atom is 0.253 e. The van der Waals surface area contributed by atoms with Gasteiger partial charge in [0.1, 0.15) is 0 Å². The van der Waals surface area contributed by atoms with Crippen LogP contribution in [0.4, 0.5) is 5.69 Å². The number of benzene rings is 2. The van der Waals surface area contributed by atoms with Gasteiger partial charge in [0.25, 0.3) is 5.91 Å². The van der Waals surface area contributed by atoms with Crippen molar-refractivity contribution < 1.29 is 9.59 Å². The highest BCUT2D eigenvalue weighted by molar-refractivity contribution is 14.1. The number of thioether (sulfide) groups is 1. The highest BCUT2D eigenvalue weighted by atomic mass is 127. The maximum absolute atomic E-state index is 12.9. The Morgan fingerprint density at radius 2 is 1.97 bits per heavy atom. The highest BCUT2D eigenvalue weighted by Gasteiger charge is 2.27. The van der Waals surface area contributed by atoms with Crippen LogP contribution in [0, 0.1) is 16.4 Å². The number of hydrogen-bond donors (Lipinski definition) is 2. The first-order valence-electron chi connectivity index (χ1n) is 11.0. The molecule has 2 aromatic carbocycles. The molecule has 0 aliphatic carbocycles. The molecule has 0 saturated carbocycles. The topological polar surface area (TPSA) is 88.9 Å². The third kappa shape index (κ3) is 7.08. The summed E-state index contributed by atoms with van der Waals surface area (Å²) in [6, 6.07) is 12.3. The third-order valence-electron chi connectivity index (χ3n) is 5.20. The van der Waals surface area contributed by atoms with E-state index in [1.165, 1.54) is 11.8 Å². The molecule has 0 spiro atoms. The summed E-state index contributed by atoms with van der Waals surface area (Å²) < 4.78 is 2.98. The number of amides is 2. The first kappa shape index (κ1) is 27.2. The number of nitrogens with one attached hydrogen (secondary N) is 2. The average Bonchev–Trinajstić information content (AvgIpc) is 3.20. The van der Waals surface area contributed by atoms with Crippen molar-refractivity contribution in [1.82, 2.24) is 20.1 Å². The molecule has 3 aromatic rings. The zero-order chi connectivity index (χ0) is 25.5. The normalized spacial score (nSPS) is 11.8. The van der Waals surface area contributed by atoms with Gasteiger partial charge in [0.05, 0.1) is 22.4 Å². The van der Waals surface area contributed by atoms with E-state index in [-0.39, 0.29) is 23.5 Å². The second-order valence-corrected chi connectivity index (χ2v) is 10.8. The third-order valence-corrected chi connectivity index (χ3v) is 7.17. The Morgan fingerprint density at radius 3 is 2.63 bits per heavy atom. The Labute approximate surface area is 228 Å². The van der Waals surface area contributed by atoms with Gasteiger partial charge in [-0.1, -0.05) is 55.4 Å². The number of carbonyl (C=O) groups is 2. The van der Waals surface area contributed by atoms with Gasteiger partial charge in [0, 0.05) is 15.8 Å². The minimum absolute atomic E-state index is 0.0270. The zero-order valence-corrected chi connectivity index (χ0v) is 23.4. The molecule has 0 unspecified atom stereocenters. The van der Waals surface area contributed by atoms with Gasteiger partial charge in [-0.15, -0.1) is 16.8 Å². The number of allylic oxidation sites excluding steroid dienone is 1. The summed E-state index contributed by atoms with van der Waals surface area (Å²) in [7, 11) is 0. The number of rotatable bonds is 10. The standard InChI is InChI=1S/C25H27ClIN5O2S/c1-5-12-32-23(22(15(2)3)29-24(34)18-8-6-7-9-19(18)26)30-31-25(32)35-14-21(33)28-20-11-10-17(27)13-16(20)4/h5-11,13,15,22H,1,12,14H2,2-4H3,(H,28,33)(H,29,34)/t22-/m1/s1. The molecule has 0 fully saturated rings. The molecule has 184 valence electrons. The molecule has 0 aliphatic rings. The number of aryl methyl sites for hydroxylation is 1. The highest BCUT2D eigenvalue weighted by Crippen LogP contribution is 2.27. The lowest BCUT2D eigenvalue weighted by Crippen LogP contribution is -2.34. The number of aromatic nitrogens is 3. The van der Waals surface area contributed by atoms with E-state index in [4.69, 9.17) is 11.6 Å². The SMILES string of the molecule is C=CCn1c(SCC(=O)Nc2ccc(I)cc2C)nnc1[C@H](NC(=O)c1ccccc1Cl)C(C)C. The first-order chi connectivity index (χ1) is 16.7. The van der Waals surface area contributed by atoms with Crippen molar-refractivity contribution >= 4 is 63.5 Å². The van der Waals surface area contributed by atoms with Crippen LogP contribution in [-0.4, -0.2) is 32.3 Å². The molecule has 3 rings (SSSR count). The van der Waals surface area contributed by atoms with Crippen LogP contribution in [0.2, 0.25) is 5.02 Å². The van der Waals surface area contributed by atoms with Crippen LogP contribution in [0.3, 0.4) is 0 Å². The summed E-state index contributed by atoms with van der Waals surface area (Å²) in [5.41, 5.74) is 2.18. The van der Waals surface area contributed by atoms with Gasteiger partial charge in [-0.3, -0.25) is 9.59 Å². The zero-order valence-electron chi connectivity index (χ0n) is 19.7. The molecule has 35 heavy (non-hydrogen) atoms. The molecule has 1 atom stereocenters. The fraction of sp³-hybridized carbons (Fsp3) is 0.280. The molecule has 0 radical (unpaired) electrons. The predicted molar refractivity (Wildman–Crippen MR) is 150 cm³/mol. The molecule has 0 aliphatic heterocycles. The van der Waals surface area contributed by atoms with Crippen molar-refractivity contribution in [2.24, 2.45) is 5.92 Å². The lowest BCUT2D eigenvalue weighted by Gasteiger charge is -2.23. The minimum atomic E-state index is -0.413. The lowest BCUT2D eigenvalue weighted by molar-refractivity contribution is -0.113. The average molecular weight is 624 g/mol. The van der Waals surface area contributed by atoms with Gasteiger partial charge in [-0.25, -0.2) is 0 Å². The monoisotopic (exact) mass is 623 g/mol. The van der Waals surface area contributed by atoms with E-state index in [1.807, 2.05) is 43.5 Å². The second kappa shape index (κ2) is 12.5. The van der Waals surface area contributed by atoms with Crippen molar-refractivity contribution in [3.05, 3.63) is 80.7 Å². The van der Waals surface area contributed by atoms with Crippen LogP contribution in [0.5, 0.6) is 0 Å². The summed E-state index contributed by atoms with van der Waals surface area (Å²) >= 11 is 9.74. The maximum atomic E-state index is 12.9. The van der Waals surface area contributed by atoms with E-state index in [0.717, 1.165) is 14.8 Å². The minimum Gasteiger partial charge on any atom is -0.342 e. The summed E-state index contributed by atoms with van der Waals surface area (Å²) in [5, 5.41) is 15.6. The fourth-order valence-electron chi connectivity index (χ4n) is 3.41.